The van der Waals surface area contributed by atoms with Gasteiger partial charge in [-0.2, -0.15) is 0 Å². The van der Waals surface area contributed by atoms with Crippen LogP contribution in [-0.4, -0.2) is 24.9 Å². The van der Waals surface area contributed by atoms with Crippen LogP contribution in [0.1, 0.15) is 18.2 Å². The summed E-state index contributed by atoms with van der Waals surface area (Å²) >= 11 is 0. The SMILES string of the molecule is CCOc1noc2c1CCNCC2.Cl. The van der Waals surface area contributed by atoms with Crippen LogP contribution in [0.15, 0.2) is 4.52 Å². The van der Waals surface area contributed by atoms with Crippen molar-refractivity contribution in [2.75, 3.05) is 19.7 Å². The van der Waals surface area contributed by atoms with E-state index in [-0.39, 0.29) is 12.4 Å². The Bertz CT molecular complexity index is 288. The van der Waals surface area contributed by atoms with Crippen molar-refractivity contribution in [2.24, 2.45) is 0 Å². The first-order chi connectivity index (χ1) is 6.42. The van der Waals surface area contributed by atoms with Crippen LogP contribution in [0, 0.1) is 0 Å². The predicted molar refractivity (Wildman–Crippen MR) is 55.2 cm³/mol. The Balaban J connectivity index is 0.000000980. The lowest BCUT2D eigenvalue weighted by molar-refractivity contribution is 0.288. The zero-order valence-corrected chi connectivity index (χ0v) is 9.02. The Labute approximate surface area is 89.4 Å². The van der Waals surface area contributed by atoms with Gasteiger partial charge in [-0.05, 0) is 25.0 Å². The maximum Gasteiger partial charge on any atom is 0.257 e. The van der Waals surface area contributed by atoms with E-state index in [0.29, 0.717) is 12.5 Å². The van der Waals surface area contributed by atoms with Crippen LogP contribution in [-0.2, 0) is 12.8 Å². The minimum Gasteiger partial charge on any atom is -0.476 e. The number of hydrogen-bond donors (Lipinski definition) is 1. The standard InChI is InChI=1S/C9H14N2O2.ClH/c1-2-12-9-7-3-5-10-6-4-8(7)13-11-9;/h10H,2-6H2,1H3;1H. The molecule has 1 aliphatic rings. The maximum absolute atomic E-state index is 5.37. The van der Waals surface area contributed by atoms with Crippen LogP contribution in [0.3, 0.4) is 0 Å². The molecule has 14 heavy (non-hydrogen) atoms. The highest BCUT2D eigenvalue weighted by Gasteiger charge is 2.18. The highest BCUT2D eigenvalue weighted by atomic mass is 35.5. The number of nitrogens with one attached hydrogen (secondary N) is 1. The van der Waals surface area contributed by atoms with Gasteiger partial charge in [-0.3, -0.25) is 0 Å². The van der Waals surface area contributed by atoms with E-state index in [4.69, 9.17) is 9.26 Å². The van der Waals surface area contributed by atoms with Crippen LogP contribution < -0.4 is 10.1 Å². The second-order valence-corrected chi connectivity index (χ2v) is 3.07. The molecule has 0 radical (unpaired) electrons. The van der Waals surface area contributed by atoms with Crippen LogP contribution in [0.25, 0.3) is 0 Å². The van der Waals surface area contributed by atoms with E-state index >= 15 is 0 Å². The summed E-state index contributed by atoms with van der Waals surface area (Å²) < 4.78 is 10.6. The summed E-state index contributed by atoms with van der Waals surface area (Å²) in [6.07, 6.45) is 1.86. The molecule has 4 nitrogen and oxygen atoms in total. The number of fused-ring (bicyclic) bond motifs is 1. The molecule has 2 rings (SSSR count). The third kappa shape index (κ3) is 2.19. The third-order valence-corrected chi connectivity index (χ3v) is 2.20. The minimum absolute atomic E-state index is 0. The number of ether oxygens (including phenoxy) is 1. The predicted octanol–water partition coefficient (Wildman–Crippen LogP) is 1.18. The first-order valence-corrected chi connectivity index (χ1v) is 4.72. The van der Waals surface area contributed by atoms with Gasteiger partial charge in [0.15, 0.2) is 0 Å². The Morgan fingerprint density at radius 3 is 3.00 bits per heavy atom. The normalized spacial score (nSPS) is 15.2. The smallest absolute Gasteiger partial charge is 0.257 e. The molecule has 0 saturated heterocycles. The molecule has 0 fully saturated rings. The van der Waals surface area contributed by atoms with Gasteiger partial charge in [-0.25, -0.2) is 0 Å². The van der Waals surface area contributed by atoms with Crippen molar-refractivity contribution < 1.29 is 9.26 Å². The minimum atomic E-state index is 0. The quantitative estimate of drug-likeness (QED) is 0.810. The van der Waals surface area contributed by atoms with Gasteiger partial charge in [-0.1, -0.05) is 0 Å². The molecule has 0 atom stereocenters. The Hall–Kier alpha value is -0.740. The van der Waals surface area contributed by atoms with Crippen LogP contribution in [0.4, 0.5) is 0 Å². The highest BCUT2D eigenvalue weighted by molar-refractivity contribution is 5.85. The van der Waals surface area contributed by atoms with E-state index in [0.717, 1.165) is 37.3 Å². The molecule has 0 spiro atoms. The Kier molecular flexibility index (Phi) is 4.22. The molecule has 1 aliphatic heterocycles. The molecule has 0 unspecified atom stereocenters. The zero-order chi connectivity index (χ0) is 9.10. The van der Waals surface area contributed by atoms with Crippen molar-refractivity contribution in [3.63, 3.8) is 0 Å². The average Bonchev–Trinajstić information content (AvgIpc) is 2.38. The molecule has 0 aromatic carbocycles. The number of hydrogen-bond acceptors (Lipinski definition) is 4. The van der Waals surface area contributed by atoms with Gasteiger partial charge in [0.2, 0.25) is 0 Å². The van der Waals surface area contributed by atoms with Gasteiger partial charge in [-0.15, -0.1) is 12.4 Å². The zero-order valence-electron chi connectivity index (χ0n) is 8.21. The molecule has 0 aliphatic carbocycles. The van der Waals surface area contributed by atoms with Gasteiger partial charge < -0.3 is 14.6 Å². The summed E-state index contributed by atoms with van der Waals surface area (Å²) in [5, 5.41) is 7.21. The fourth-order valence-corrected chi connectivity index (χ4v) is 1.56. The van der Waals surface area contributed by atoms with E-state index < -0.39 is 0 Å². The highest BCUT2D eigenvalue weighted by Crippen LogP contribution is 2.23. The van der Waals surface area contributed by atoms with Crippen molar-refractivity contribution in [3.8, 4) is 5.88 Å². The van der Waals surface area contributed by atoms with E-state index in [2.05, 4.69) is 10.5 Å². The monoisotopic (exact) mass is 218 g/mol. The van der Waals surface area contributed by atoms with Crippen LogP contribution >= 0.6 is 12.4 Å². The largest absolute Gasteiger partial charge is 0.476 e. The molecular weight excluding hydrogens is 204 g/mol. The number of nitrogens with zero attached hydrogens (tertiary/aromatic N) is 1. The van der Waals surface area contributed by atoms with Crippen molar-refractivity contribution in [1.82, 2.24) is 10.5 Å². The van der Waals surface area contributed by atoms with E-state index in [1.165, 1.54) is 0 Å². The molecular formula is C9H15ClN2O2. The lowest BCUT2D eigenvalue weighted by Crippen LogP contribution is -2.16. The molecule has 0 bridgehead atoms. The van der Waals surface area contributed by atoms with E-state index in [9.17, 15) is 0 Å². The second-order valence-electron chi connectivity index (χ2n) is 3.07. The topological polar surface area (TPSA) is 47.3 Å². The van der Waals surface area contributed by atoms with Gasteiger partial charge >= 0.3 is 0 Å². The van der Waals surface area contributed by atoms with Gasteiger partial charge in [0.1, 0.15) is 5.76 Å². The summed E-state index contributed by atoms with van der Waals surface area (Å²) in [7, 11) is 0. The third-order valence-electron chi connectivity index (χ3n) is 2.20. The van der Waals surface area contributed by atoms with Crippen molar-refractivity contribution in [2.45, 2.75) is 19.8 Å². The van der Waals surface area contributed by atoms with Crippen molar-refractivity contribution >= 4 is 12.4 Å². The molecule has 0 amide bonds. The Morgan fingerprint density at radius 1 is 1.43 bits per heavy atom. The van der Waals surface area contributed by atoms with E-state index in [1.807, 2.05) is 6.92 Å². The number of halogens is 1. The van der Waals surface area contributed by atoms with E-state index in [1.54, 1.807) is 0 Å². The molecule has 1 aromatic heterocycles. The summed E-state index contributed by atoms with van der Waals surface area (Å²) in [6, 6.07) is 0. The lowest BCUT2D eigenvalue weighted by atomic mass is 10.2. The average molecular weight is 219 g/mol. The van der Waals surface area contributed by atoms with Crippen molar-refractivity contribution in [1.29, 1.82) is 0 Å². The molecule has 1 aromatic rings. The Morgan fingerprint density at radius 2 is 2.21 bits per heavy atom. The number of rotatable bonds is 2. The maximum atomic E-state index is 5.37. The molecule has 0 saturated carbocycles. The first kappa shape index (κ1) is 11.3. The van der Waals surface area contributed by atoms with Gasteiger partial charge in [0, 0.05) is 13.0 Å². The van der Waals surface area contributed by atoms with Gasteiger partial charge in [0.05, 0.1) is 12.2 Å². The summed E-state index contributed by atoms with van der Waals surface area (Å²) in [4.78, 5) is 0. The molecule has 5 heteroatoms. The first-order valence-electron chi connectivity index (χ1n) is 4.72. The van der Waals surface area contributed by atoms with Gasteiger partial charge in [0.25, 0.3) is 5.88 Å². The number of aromatic nitrogens is 1. The van der Waals surface area contributed by atoms with Crippen LogP contribution in [0.2, 0.25) is 0 Å². The molecule has 1 N–H and O–H groups in total. The fourth-order valence-electron chi connectivity index (χ4n) is 1.56. The summed E-state index contributed by atoms with van der Waals surface area (Å²) in [5.41, 5.74) is 1.15. The molecule has 80 valence electrons. The lowest BCUT2D eigenvalue weighted by Gasteiger charge is -2.00. The van der Waals surface area contributed by atoms with Crippen LogP contribution in [0.5, 0.6) is 5.88 Å². The fraction of sp³-hybridized carbons (Fsp3) is 0.667. The summed E-state index contributed by atoms with van der Waals surface area (Å²) in [6.45, 7) is 4.55. The molecule has 2 heterocycles. The summed E-state index contributed by atoms with van der Waals surface area (Å²) in [5.74, 6) is 1.66. The van der Waals surface area contributed by atoms with Crippen molar-refractivity contribution in [3.05, 3.63) is 11.3 Å². The second kappa shape index (κ2) is 5.22.